The molecule has 0 amide bonds. The summed E-state index contributed by atoms with van der Waals surface area (Å²) < 4.78 is 9.33. The number of H-pyrrole nitrogens is 1. The Morgan fingerprint density at radius 3 is 2.62 bits per heavy atom. The Balaban J connectivity index is 0.000000144. The van der Waals surface area contributed by atoms with Crippen molar-refractivity contribution in [3.63, 3.8) is 0 Å². The van der Waals surface area contributed by atoms with E-state index >= 15 is 0 Å². The number of nitrogens with zero attached hydrogens (tertiary/aromatic N) is 5. The lowest BCUT2D eigenvalue weighted by Gasteiger charge is -2.23. The molecule has 1 N–H and O–H groups in total. The maximum atomic E-state index is 5.72. The van der Waals surface area contributed by atoms with Gasteiger partial charge in [0.1, 0.15) is 9.21 Å². The number of ether oxygens (including phenoxy) is 1. The second-order valence-corrected chi connectivity index (χ2v) is 7.57. The van der Waals surface area contributed by atoms with Crippen molar-refractivity contribution in [1.82, 2.24) is 29.9 Å². The number of rotatable bonds is 1. The van der Waals surface area contributed by atoms with Crippen LogP contribution in [0.4, 0.5) is 0 Å². The van der Waals surface area contributed by atoms with Crippen molar-refractivity contribution in [1.29, 1.82) is 0 Å². The maximum Gasteiger partial charge on any atom is 0.150 e. The lowest BCUT2D eigenvalue weighted by Crippen LogP contribution is -2.18. The van der Waals surface area contributed by atoms with Crippen LogP contribution in [0.5, 0.6) is 0 Å². The quantitative estimate of drug-likeness (QED) is 0.403. The minimum absolute atomic E-state index is 0.0780. The van der Waals surface area contributed by atoms with Gasteiger partial charge < -0.3 is 4.74 Å². The summed E-state index contributed by atoms with van der Waals surface area (Å²) in [4.78, 5) is 8.26. The molecule has 26 heavy (non-hydrogen) atoms. The summed E-state index contributed by atoms with van der Waals surface area (Å²) in [5.41, 5.74) is 2.00. The summed E-state index contributed by atoms with van der Waals surface area (Å²) in [6, 6.07) is 3.89. The van der Waals surface area contributed by atoms with Crippen LogP contribution in [0.1, 0.15) is 25.5 Å². The second-order valence-electron chi connectivity index (χ2n) is 5.94. The van der Waals surface area contributed by atoms with E-state index in [0.29, 0.717) is 0 Å². The molecule has 1 saturated heterocycles. The van der Waals surface area contributed by atoms with Gasteiger partial charge in [0.2, 0.25) is 0 Å². The largest absolute Gasteiger partial charge is 0.356 e. The van der Waals surface area contributed by atoms with E-state index in [1.807, 2.05) is 29.2 Å². The highest BCUT2D eigenvalue weighted by Gasteiger charge is 2.18. The second kappa shape index (κ2) is 7.81. The molecule has 1 aliphatic rings. The van der Waals surface area contributed by atoms with E-state index in [9.17, 15) is 0 Å². The van der Waals surface area contributed by atoms with Gasteiger partial charge in [0.25, 0.3) is 0 Å². The molecule has 4 aromatic heterocycles. The van der Waals surface area contributed by atoms with Crippen LogP contribution in [0.3, 0.4) is 0 Å². The van der Waals surface area contributed by atoms with Gasteiger partial charge in [0.05, 0.1) is 35.8 Å². The highest BCUT2D eigenvalue weighted by Crippen LogP contribution is 2.26. The fraction of sp³-hybridized carbons (Fsp3) is 0.294. The third-order valence-corrected chi connectivity index (χ3v) is 5.04. The van der Waals surface area contributed by atoms with E-state index in [1.54, 1.807) is 12.4 Å². The molecular formula is C17H16Br2N6O. The fourth-order valence-corrected chi connectivity index (χ4v) is 3.58. The fourth-order valence-electron chi connectivity index (χ4n) is 2.88. The summed E-state index contributed by atoms with van der Waals surface area (Å²) in [7, 11) is 0. The Bertz CT molecular complexity index is 1020. The average Bonchev–Trinajstić information content (AvgIpc) is 3.28. The zero-order valence-corrected chi connectivity index (χ0v) is 16.9. The van der Waals surface area contributed by atoms with Crippen molar-refractivity contribution < 1.29 is 4.74 Å². The zero-order valence-electron chi connectivity index (χ0n) is 13.8. The summed E-state index contributed by atoms with van der Waals surface area (Å²) in [6.45, 7) is 0.829. The SMILES string of the molecule is Brc1cc2cn[nH]c2cn1.Brc1cc2cnn(C3CCCCO3)c2cn1. The van der Waals surface area contributed by atoms with Crippen LogP contribution in [-0.2, 0) is 4.74 Å². The van der Waals surface area contributed by atoms with Crippen LogP contribution < -0.4 is 0 Å². The molecule has 0 saturated carbocycles. The minimum Gasteiger partial charge on any atom is -0.356 e. The molecule has 7 nitrogen and oxygen atoms in total. The molecule has 4 aromatic rings. The van der Waals surface area contributed by atoms with Crippen molar-refractivity contribution in [3.05, 3.63) is 46.1 Å². The predicted molar refractivity (Wildman–Crippen MR) is 106 cm³/mol. The summed E-state index contributed by atoms with van der Waals surface area (Å²) in [6.07, 6.45) is 10.7. The van der Waals surface area contributed by atoms with Crippen LogP contribution in [0, 0.1) is 0 Å². The van der Waals surface area contributed by atoms with Gasteiger partial charge in [0.15, 0.2) is 6.23 Å². The van der Waals surface area contributed by atoms with Crippen LogP contribution in [0.15, 0.2) is 46.1 Å². The van der Waals surface area contributed by atoms with Gasteiger partial charge in [-0.05, 0) is 63.3 Å². The van der Waals surface area contributed by atoms with E-state index in [2.05, 4.69) is 57.1 Å². The summed E-state index contributed by atoms with van der Waals surface area (Å²) in [5.74, 6) is 0. The Morgan fingerprint density at radius 2 is 1.81 bits per heavy atom. The third kappa shape index (κ3) is 3.79. The van der Waals surface area contributed by atoms with Gasteiger partial charge in [-0.15, -0.1) is 0 Å². The van der Waals surface area contributed by atoms with Crippen LogP contribution in [0.2, 0.25) is 0 Å². The minimum atomic E-state index is 0.0780. The number of hydrogen-bond donors (Lipinski definition) is 1. The molecule has 1 unspecified atom stereocenters. The van der Waals surface area contributed by atoms with Gasteiger partial charge in [-0.1, -0.05) is 0 Å². The van der Waals surface area contributed by atoms with Gasteiger partial charge in [0, 0.05) is 17.4 Å². The van der Waals surface area contributed by atoms with Gasteiger partial charge >= 0.3 is 0 Å². The van der Waals surface area contributed by atoms with Crippen LogP contribution in [-0.4, -0.2) is 36.6 Å². The highest BCUT2D eigenvalue weighted by atomic mass is 79.9. The van der Waals surface area contributed by atoms with E-state index in [4.69, 9.17) is 4.74 Å². The number of pyridine rings is 2. The normalized spacial score (nSPS) is 17.2. The molecule has 0 bridgehead atoms. The van der Waals surface area contributed by atoms with Crippen molar-refractivity contribution in [3.8, 4) is 0 Å². The molecule has 0 radical (unpaired) electrons. The molecule has 0 aromatic carbocycles. The lowest BCUT2D eigenvalue weighted by molar-refractivity contribution is -0.0367. The molecular weight excluding hydrogens is 464 g/mol. The molecule has 1 aliphatic heterocycles. The van der Waals surface area contributed by atoms with E-state index in [-0.39, 0.29) is 6.23 Å². The monoisotopic (exact) mass is 478 g/mol. The molecule has 134 valence electrons. The molecule has 5 rings (SSSR count). The van der Waals surface area contributed by atoms with Crippen LogP contribution in [0.25, 0.3) is 21.8 Å². The molecule has 1 atom stereocenters. The first-order chi connectivity index (χ1) is 12.7. The molecule has 0 aliphatic carbocycles. The first-order valence-electron chi connectivity index (χ1n) is 8.26. The van der Waals surface area contributed by atoms with Crippen molar-refractivity contribution in [2.45, 2.75) is 25.5 Å². The molecule has 1 fully saturated rings. The van der Waals surface area contributed by atoms with Gasteiger partial charge in [-0.3, -0.25) is 5.10 Å². The van der Waals surface area contributed by atoms with Crippen LogP contribution >= 0.6 is 31.9 Å². The number of fused-ring (bicyclic) bond motifs is 2. The number of aromatic nitrogens is 6. The number of halogens is 2. The predicted octanol–water partition coefficient (Wildman–Crippen LogP) is 4.61. The summed E-state index contributed by atoms with van der Waals surface area (Å²) >= 11 is 6.62. The number of nitrogens with one attached hydrogen (secondary N) is 1. The van der Waals surface area contributed by atoms with E-state index < -0.39 is 0 Å². The van der Waals surface area contributed by atoms with E-state index in [1.165, 1.54) is 6.42 Å². The lowest BCUT2D eigenvalue weighted by atomic mass is 10.2. The van der Waals surface area contributed by atoms with Crippen molar-refractivity contribution >= 4 is 53.7 Å². The number of hydrogen-bond acceptors (Lipinski definition) is 5. The van der Waals surface area contributed by atoms with Crippen molar-refractivity contribution in [2.24, 2.45) is 0 Å². The Hall–Kier alpha value is -1.84. The highest BCUT2D eigenvalue weighted by molar-refractivity contribution is 9.10. The topological polar surface area (TPSA) is 81.5 Å². The van der Waals surface area contributed by atoms with Gasteiger partial charge in [-0.25, -0.2) is 14.6 Å². The molecule has 0 spiro atoms. The first-order valence-corrected chi connectivity index (χ1v) is 9.84. The standard InChI is InChI=1S/C11H12BrN3O.C6H4BrN3/c12-10-5-8-6-14-15(9(8)7-13-10)11-3-1-2-4-16-11;7-6-1-4-2-9-10-5(4)3-8-6/h5-7,11H,1-4H2;1-3H,(H,9,10). The Kier molecular flexibility index (Phi) is 5.28. The Labute approximate surface area is 166 Å². The molecule has 9 heteroatoms. The van der Waals surface area contributed by atoms with Crippen molar-refractivity contribution in [2.75, 3.05) is 6.61 Å². The smallest absolute Gasteiger partial charge is 0.150 e. The number of aromatic amines is 1. The first kappa shape index (κ1) is 17.6. The maximum absolute atomic E-state index is 5.72. The van der Waals surface area contributed by atoms with E-state index in [0.717, 1.165) is 50.5 Å². The third-order valence-electron chi connectivity index (χ3n) is 4.17. The average molecular weight is 480 g/mol. The summed E-state index contributed by atoms with van der Waals surface area (Å²) in [5, 5.41) is 13.2. The Morgan fingerprint density at radius 1 is 1.00 bits per heavy atom. The molecule has 5 heterocycles. The zero-order chi connectivity index (χ0) is 17.9. The van der Waals surface area contributed by atoms with Gasteiger partial charge in [-0.2, -0.15) is 10.2 Å².